The zero-order valence-electron chi connectivity index (χ0n) is 12.7. The standard InChI is InChI=1S/C15H20F2N2O3S/c16-15(17)23(21,22)13-8-4-3-7-12(13)18-14(20)11-19-9-5-1-2-6-10-19/h3-4,7-8,15H,1-2,5-6,9-11H2,(H,18,20). The molecule has 1 aromatic carbocycles. The van der Waals surface area contributed by atoms with Crippen molar-refractivity contribution in [2.75, 3.05) is 25.0 Å². The maximum absolute atomic E-state index is 12.7. The Hall–Kier alpha value is -1.54. The number of halogens is 2. The molecule has 0 spiro atoms. The Balaban J connectivity index is 2.09. The molecule has 0 unspecified atom stereocenters. The van der Waals surface area contributed by atoms with Crippen molar-refractivity contribution in [2.24, 2.45) is 0 Å². The molecule has 8 heteroatoms. The molecule has 1 aliphatic heterocycles. The van der Waals surface area contributed by atoms with Crippen molar-refractivity contribution in [1.29, 1.82) is 0 Å². The van der Waals surface area contributed by atoms with Crippen molar-refractivity contribution in [3.05, 3.63) is 24.3 Å². The minimum atomic E-state index is -4.75. The molecule has 0 aliphatic carbocycles. The normalized spacial score (nSPS) is 17.0. The Morgan fingerprint density at radius 2 is 1.74 bits per heavy atom. The summed E-state index contributed by atoms with van der Waals surface area (Å²) in [5, 5.41) is 2.45. The second-order valence-corrected chi connectivity index (χ2v) is 7.43. The van der Waals surface area contributed by atoms with Gasteiger partial charge in [-0.25, -0.2) is 8.42 Å². The number of amides is 1. The molecule has 0 radical (unpaired) electrons. The van der Waals surface area contributed by atoms with Gasteiger partial charge < -0.3 is 5.32 Å². The number of alkyl halides is 2. The predicted octanol–water partition coefficient (Wildman–Crippen LogP) is 2.50. The molecule has 128 valence electrons. The van der Waals surface area contributed by atoms with E-state index in [1.807, 2.05) is 4.90 Å². The highest BCUT2D eigenvalue weighted by molar-refractivity contribution is 7.91. The van der Waals surface area contributed by atoms with E-state index in [0.29, 0.717) is 0 Å². The van der Waals surface area contributed by atoms with Crippen LogP contribution in [0.1, 0.15) is 25.7 Å². The zero-order chi connectivity index (χ0) is 16.9. The Bertz CT molecular complexity index is 642. The smallest absolute Gasteiger partial charge is 0.324 e. The van der Waals surface area contributed by atoms with Crippen LogP contribution in [0.25, 0.3) is 0 Å². The third-order valence-electron chi connectivity index (χ3n) is 3.77. The molecule has 5 nitrogen and oxygen atoms in total. The van der Waals surface area contributed by atoms with Crippen LogP contribution in [0.4, 0.5) is 14.5 Å². The average Bonchev–Trinajstić information content (AvgIpc) is 2.76. The number of nitrogens with zero attached hydrogens (tertiary/aromatic N) is 1. The second-order valence-electron chi connectivity index (χ2n) is 5.54. The molecular weight excluding hydrogens is 326 g/mol. The molecule has 1 fully saturated rings. The lowest BCUT2D eigenvalue weighted by molar-refractivity contribution is -0.117. The molecule has 1 aromatic rings. The van der Waals surface area contributed by atoms with Crippen LogP contribution in [-0.4, -0.2) is 44.6 Å². The van der Waals surface area contributed by atoms with Gasteiger partial charge in [-0.1, -0.05) is 25.0 Å². The van der Waals surface area contributed by atoms with Gasteiger partial charge in [0.15, 0.2) is 0 Å². The van der Waals surface area contributed by atoms with Gasteiger partial charge in [-0.2, -0.15) is 8.78 Å². The van der Waals surface area contributed by atoms with E-state index >= 15 is 0 Å². The minimum absolute atomic E-state index is 0.104. The van der Waals surface area contributed by atoms with E-state index in [-0.39, 0.29) is 12.2 Å². The van der Waals surface area contributed by atoms with Crippen molar-refractivity contribution < 1.29 is 22.0 Å². The van der Waals surface area contributed by atoms with Gasteiger partial charge in [-0.15, -0.1) is 0 Å². The molecule has 1 amide bonds. The topological polar surface area (TPSA) is 66.5 Å². The van der Waals surface area contributed by atoms with Crippen LogP contribution in [0, 0.1) is 0 Å². The molecule has 0 bridgehead atoms. The summed E-state index contributed by atoms with van der Waals surface area (Å²) in [6, 6.07) is 5.23. The Kier molecular flexibility index (Phi) is 6.06. The number of anilines is 1. The summed E-state index contributed by atoms with van der Waals surface area (Å²) in [5.41, 5.74) is -0.104. The first kappa shape index (κ1) is 17.8. The molecule has 2 rings (SSSR count). The highest BCUT2D eigenvalue weighted by Crippen LogP contribution is 2.26. The van der Waals surface area contributed by atoms with Crippen LogP contribution in [-0.2, 0) is 14.6 Å². The van der Waals surface area contributed by atoms with Crippen LogP contribution >= 0.6 is 0 Å². The lowest BCUT2D eigenvalue weighted by Crippen LogP contribution is -2.34. The number of nitrogens with one attached hydrogen (secondary N) is 1. The van der Waals surface area contributed by atoms with Crippen LogP contribution < -0.4 is 5.32 Å². The van der Waals surface area contributed by atoms with Crippen molar-refractivity contribution in [1.82, 2.24) is 4.90 Å². The fourth-order valence-electron chi connectivity index (χ4n) is 2.60. The Labute approximate surface area is 134 Å². The molecule has 1 saturated heterocycles. The fourth-order valence-corrected chi connectivity index (χ4v) is 3.49. The highest BCUT2D eigenvalue weighted by Gasteiger charge is 2.29. The fraction of sp³-hybridized carbons (Fsp3) is 0.533. The van der Waals surface area contributed by atoms with Gasteiger partial charge in [0, 0.05) is 0 Å². The monoisotopic (exact) mass is 346 g/mol. The van der Waals surface area contributed by atoms with Crippen LogP contribution in [0.3, 0.4) is 0 Å². The highest BCUT2D eigenvalue weighted by atomic mass is 32.2. The Morgan fingerprint density at radius 3 is 2.35 bits per heavy atom. The maximum Gasteiger partial charge on any atom is 0.341 e. The van der Waals surface area contributed by atoms with E-state index in [9.17, 15) is 22.0 Å². The third-order valence-corrected chi connectivity index (χ3v) is 5.21. The van der Waals surface area contributed by atoms with Crippen LogP contribution in [0.5, 0.6) is 0 Å². The lowest BCUT2D eigenvalue weighted by Gasteiger charge is -2.19. The quantitative estimate of drug-likeness (QED) is 0.890. The van der Waals surface area contributed by atoms with Gasteiger partial charge in [-0.05, 0) is 38.1 Å². The van der Waals surface area contributed by atoms with E-state index in [1.165, 1.54) is 18.2 Å². The van der Waals surface area contributed by atoms with E-state index in [1.54, 1.807) is 0 Å². The van der Waals surface area contributed by atoms with Crippen LogP contribution in [0.15, 0.2) is 29.2 Å². The predicted molar refractivity (Wildman–Crippen MR) is 83.2 cm³/mol. The molecular formula is C15H20F2N2O3S. The summed E-state index contributed by atoms with van der Waals surface area (Å²) < 4.78 is 48.8. The van der Waals surface area contributed by atoms with Crippen LogP contribution in [0.2, 0.25) is 0 Å². The van der Waals surface area contributed by atoms with Gasteiger partial charge >= 0.3 is 5.76 Å². The summed E-state index contributed by atoms with van der Waals surface area (Å²) in [6.45, 7) is 1.75. The number of carbonyl (C=O) groups is 1. The van der Waals surface area contributed by atoms with Gasteiger partial charge in [0.25, 0.3) is 0 Å². The summed E-state index contributed by atoms with van der Waals surface area (Å²) in [7, 11) is -4.75. The molecule has 1 N–H and O–H groups in total. The van der Waals surface area contributed by atoms with E-state index in [2.05, 4.69) is 5.32 Å². The lowest BCUT2D eigenvalue weighted by atomic mass is 10.2. The molecule has 0 saturated carbocycles. The molecule has 1 heterocycles. The van der Waals surface area contributed by atoms with Crippen molar-refractivity contribution in [3.8, 4) is 0 Å². The number of benzene rings is 1. The molecule has 23 heavy (non-hydrogen) atoms. The molecule has 0 atom stereocenters. The summed E-state index contributed by atoms with van der Waals surface area (Å²) >= 11 is 0. The number of rotatable bonds is 5. The molecule has 0 aromatic heterocycles. The maximum atomic E-state index is 12.7. The third kappa shape index (κ3) is 4.71. The summed E-state index contributed by atoms with van der Waals surface area (Å²) in [4.78, 5) is 13.5. The number of carbonyl (C=O) groups excluding carboxylic acids is 1. The SMILES string of the molecule is O=C(CN1CCCCCC1)Nc1ccccc1S(=O)(=O)C(F)F. The summed E-state index contributed by atoms with van der Waals surface area (Å²) in [5.74, 6) is -3.92. The van der Waals surface area contributed by atoms with Crippen molar-refractivity contribution >= 4 is 21.4 Å². The number of hydrogen-bond acceptors (Lipinski definition) is 4. The van der Waals surface area contributed by atoms with E-state index < -0.39 is 26.4 Å². The average molecular weight is 346 g/mol. The van der Waals surface area contributed by atoms with E-state index in [4.69, 9.17) is 0 Å². The first-order valence-electron chi connectivity index (χ1n) is 7.54. The number of hydrogen-bond donors (Lipinski definition) is 1. The van der Waals surface area contributed by atoms with Gasteiger partial charge in [0.2, 0.25) is 15.7 Å². The number of para-hydroxylation sites is 1. The second kappa shape index (κ2) is 7.83. The largest absolute Gasteiger partial charge is 0.341 e. The number of sulfone groups is 1. The van der Waals surface area contributed by atoms with Crippen molar-refractivity contribution in [3.63, 3.8) is 0 Å². The Morgan fingerprint density at radius 1 is 1.13 bits per heavy atom. The summed E-state index contributed by atoms with van der Waals surface area (Å²) in [6.07, 6.45) is 4.30. The first-order chi connectivity index (χ1) is 10.9. The zero-order valence-corrected chi connectivity index (χ0v) is 13.5. The van der Waals surface area contributed by atoms with E-state index in [0.717, 1.165) is 44.8 Å². The van der Waals surface area contributed by atoms with Crippen molar-refractivity contribution in [2.45, 2.75) is 36.3 Å². The van der Waals surface area contributed by atoms with Gasteiger partial charge in [0.1, 0.15) is 0 Å². The number of likely N-dealkylation sites (tertiary alicyclic amines) is 1. The molecule has 1 aliphatic rings. The van der Waals surface area contributed by atoms with Gasteiger partial charge in [0.05, 0.1) is 17.1 Å². The first-order valence-corrected chi connectivity index (χ1v) is 9.09. The minimum Gasteiger partial charge on any atom is -0.324 e. The van der Waals surface area contributed by atoms with Gasteiger partial charge in [-0.3, -0.25) is 9.69 Å².